The topological polar surface area (TPSA) is 41.6 Å². The van der Waals surface area contributed by atoms with Crippen molar-refractivity contribution < 1.29 is 0 Å². The van der Waals surface area contributed by atoms with E-state index in [4.69, 9.17) is 0 Å². The number of hydrogen-bond donors (Lipinski definition) is 1. The van der Waals surface area contributed by atoms with Crippen molar-refractivity contribution in [3.63, 3.8) is 0 Å². The number of rotatable bonds is 2. The second-order valence-corrected chi connectivity index (χ2v) is 6.56. The average Bonchev–Trinajstić information content (AvgIpc) is 2.86. The van der Waals surface area contributed by atoms with Gasteiger partial charge in [0.2, 0.25) is 0 Å². The van der Waals surface area contributed by atoms with Crippen LogP contribution in [-0.4, -0.2) is 15.0 Å². The van der Waals surface area contributed by atoms with E-state index in [-0.39, 0.29) is 0 Å². The Kier molecular flexibility index (Phi) is 3.12. The van der Waals surface area contributed by atoms with E-state index in [9.17, 15) is 0 Å². The summed E-state index contributed by atoms with van der Waals surface area (Å²) in [6, 6.07) is 14.8. The minimum absolute atomic E-state index is 0.964. The molecule has 22 heavy (non-hydrogen) atoms. The lowest BCUT2D eigenvalue weighted by atomic mass is 10.2. The van der Waals surface area contributed by atoms with Gasteiger partial charge in [0.05, 0.1) is 5.52 Å². The van der Waals surface area contributed by atoms with Gasteiger partial charge in [-0.2, -0.15) is 0 Å². The molecule has 2 aromatic carbocycles. The van der Waals surface area contributed by atoms with Crippen LogP contribution in [0.1, 0.15) is 11.1 Å². The number of nitrogens with zero attached hydrogens (tertiary/aromatic N) is 2. The third-order valence-electron chi connectivity index (χ3n) is 3.66. The van der Waals surface area contributed by atoms with Crippen LogP contribution in [0.2, 0.25) is 0 Å². The van der Waals surface area contributed by atoms with Crippen molar-refractivity contribution in [3.8, 4) is 0 Å². The van der Waals surface area contributed by atoms with Crippen molar-refractivity contribution in [1.29, 1.82) is 0 Å². The molecule has 0 spiro atoms. The smallest absolute Gasteiger partial charge is 0.128 e. The molecule has 4 aromatic rings. The molecule has 0 radical (unpaired) electrons. The number of para-hydroxylation sites is 1. The predicted octanol–water partition coefficient (Wildman–Crippen LogP) is 4.88. The fourth-order valence-corrected chi connectivity index (χ4v) is 3.86. The summed E-state index contributed by atoms with van der Waals surface area (Å²) in [4.78, 5) is 13.6. The summed E-state index contributed by atoms with van der Waals surface area (Å²) in [5.74, 6) is 0. The molecule has 0 aliphatic carbocycles. The van der Waals surface area contributed by atoms with E-state index in [2.05, 4.69) is 59.1 Å². The minimum atomic E-state index is 0.964. The molecule has 0 bridgehead atoms. The van der Waals surface area contributed by atoms with Crippen LogP contribution in [0.3, 0.4) is 0 Å². The van der Waals surface area contributed by atoms with Gasteiger partial charge < -0.3 is 4.98 Å². The summed E-state index contributed by atoms with van der Waals surface area (Å²) in [6.07, 6.45) is 1.65. The van der Waals surface area contributed by atoms with Gasteiger partial charge in [0.25, 0.3) is 0 Å². The molecule has 4 heteroatoms. The Morgan fingerprint density at radius 1 is 0.955 bits per heavy atom. The molecule has 0 saturated heterocycles. The monoisotopic (exact) mass is 305 g/mol. The van der Waals surface area contributed by atoms with Gasteiger partial charge in [-0.25, -0.2) is 9.97 Å². The number of aromatic nitrogens is 3. The van der Waals surface area contributed by atoms with E-state index in [0.717, 1.165) is 27.0 Å². The summed E-state index contributed by atoms with van der Waals surface area (Å²) in [5.41, 5.74) is 5.62. The van der Waals surface area contributed by atoms with Gasteiger partial charge in [0, 0.05) is 15.8 Å². The zero-order chi connectivity index (χ0) is 15.1. The molecule has 0 aliphatic heterocycles. The highest BCUT2D eigenvalue weighted by Gasteiger charge is 2.11. The van der Waals surface area contributed by atoms with Gasteiger partial charge in [0.1, 0.15) is 16.9 Å². The number of hydrogen-bond acceptors (Lipinski definition) is 3. The fourth-order valence-electron chi connectivity index (χ4n) is 2.80. The van der Waals surface area contributed by atoms with Crippen molar-refractivity contribution >= 4 is 33.7 Å². The lowest BCUT2D eigenvalue weighted by Crippen LogP contribution is -1.86. The number of fused-ring (bicyclic) bond motifs is 3. The van der Waals surface area contributed by atoms with E-state index in [0.29, 0.717) is 0 Å². The second-order valence-electron chi connectivity index (χ2n) is 5.50. The highest BCUT2D eigenvalue weighted by Crippen LogP contribution is 2.34. The number of benzene rings is 2. The van der Waals surface area contributed by atoms with Crippen molar-refractivity contribution in [2.24, 2.45) is 0 Å². The molecular weight excluding hydrogens is 290 g/mol. The maximum Gasteiger partial charge on any atom is 0.128 e. The Labute approximate surface area is 132 Å². The van der Waals surface area contributed by atoms with Crippen molar-refractivity contribution in [3.05, 3.63) is 59.9 Å². The molecule has 0 unspecified atom stereocenters. The van der Waals surface area contributed by atoms with E-state index in [1.807, 2.05) is 12.1 Å². The largest absolute Gasteiger partial charge is 0.351 e. The zero-order valence-corrected chi connectivity index (χ0v) is 13.2. The van der Waals surface area contributed by atoms with Gasteiger partial charge in [-0.3, -0.25) is 0 Å². The molecular formula is C18H15N3S. The normalized spacial score (nSPS) is 11.4. The first-order valence-corrected chi connectivity index (χ1v) is 8.00. The van der Waals surface area contributed by atoms with E-state index >= 15 is 0 Å². The van der Waals surface area contributed by atoms with Crippen LogP contribution in [0.15, 0.2) is 58.7 Å². The van der Waals surface area contributed by atoms with Gasteiger partial charge >= 0.3 is 0 Å². The molecule has 108 valence electrons. The molecule has 0 saturated carbocycles. The van der Waals surface area contributed by atoms with Crippen LogP contribution >= 0.6 is 11.8 Å². The molecule has 2 heterocycles. The maximum absolute atomic E-state index is 4.48. The van der Waals surface area contributed by atoms with Crippen LogP contribution < -0.4 is 0 Å². The van der Waals surface area contributed by atoms with Crippen molar-refractivity contribution in [2.45, 2.75) is 23.8 Å². The van der Waals surface area contributed by atoms with Gasteiger partial charge in [-0.15, -0.1) is 0 Å². The number of H-pyrrole nitrogens is 1. The van der Waals surface area contributed by atoms with E-state index in [1.165, 1.54) is 16.0 Å². The third kappa shape index (κ3) is 2.25. The molecule has 2 aromatic heterocycles. The number of nitrogens with one attached hydrogen (secondary N) is 1. The molecule has 0 aliphatic rings. The summed E-state index contributed by atoms with van der Waals surface area (Å²) in [5, 5.41) is 2.10. The minimum Gasteiger partial charge on any atom is -0.351 e. The molecule has 3 nitrogen and oxygen atoms in total. The third-order valence-corrected chi connectivity index (χ3v) is 4.64. The summed E-state index contributed by atoms with van der Waals surface area (Å²) in [6.45, 7) is 4.24. The standard InChI is InChI=1S/C18H15N3S/c1-11-7-12(2)9-13(8-11)22-18-17-16(19-10-20-18)14-5-3-4-6-15(14)21-17/h3-10,21H,1-2H3. The molecule has 4 rings (SSSR count). The van der Waals surface area contributed by atoms with Crippen LogP contribution in [0.25, 0.3) is 21.9 Å². The number of aromatic amines is 1. The second kappa shape index (κ2) is 5.14. The van der Waals surface area contributed by atoms with Crippen LogP contribution in [-0.2, 0) is 0 Å². The highest BCUT2D eigenvalue weighted by atomic mass is 32.2. The van der Waals surface area contributed by atoms with Crippen LogP contribution in [0.4, 0.5) is 0 Å². The van der Waals surface area contributed by atoms with Crippen LogP contribution in [0.5, 0.6) is 0 Å². The van der Waals surface area contributed by atoms with Crippen LogP contribution in [0, 0.1) is 13.8 Å². The molecule has 0 amide bonds. The predicted molar refractivity (Wildman–Crippen MR) is 91.4 cm³/mol. The molecule has 0 atom stereocenters. The number of aryl methyl sites for hydroxylation is 2. The molecule has 0 fully saturated rings. The van der Waals surface area contributed by atoms with Gasteiger partial charge in [-0.1, -0.05) is 36.0 Å². The summed E-state index contributed by atoms with van der Waals surface area (Å²) < 4.78 is 0. The Balaban J connectivity index is 1.88. The van der Waals surface area contributed by atoms with Gasteiger partial charge in [0.15, 0.2) is 0 Å². The Bertz CT molecular complexity index is 968. The Morgan fingerprint density at radius 3 is 2.55 bits per heavy atom. The Morgan fingerprint density at radius 2 is 1.73 bits per heavy atom. The fraction of sp³-hybridized carbons (Fsp3) is 0.111. The first-order chi connectivity index (χ1) is 10.7. The van der Waals surface area contributed by atoms with Crippen molar-refractivity contribution in [2.75, 3.05) is 0 Å². The lowest BCUT2D eigenvalue weighted by Gasteiger charge is -2.05. The van der Waals surface area contributed by atoms with Gasteiger partial charge in [-0.05, 0) is 43.2 Å². The first kappa shape index (κ1) is 13.3. The quantitative estimate of drug-likeness (QED) is 0.537. The van der Waals surface area contributed by atoms with E-state index in [1.54, 1.807) is 18.1 Å². The first-order valence-electron chi connectivity index (χ1n) is 7.18. The maximum atomic E-state index is 4.48. The SMILES string of the molecule is Cc1cc(C)cc(Sc2ncnc3c2[nH]c2ccccc23)c1. The van der Waals surface area contributed by atoms with Crippen molar-refractivity contribution in [1.82, 2.24) is 15.0 Å². The summed E-state index contributed by atoms with van der Waals surface area (Å²) >= 11 is 1.68. The highest BCUT2D eigenvalue weighted by molar-refractivity contribution is 7.99. The Hall–Kier alpha value is -2.33. The average molecular weight is 305 g/mol. The lowest BCUT2D eigenvalue weighted by molar-refractivity contribution is 1.09. The zero-order valence-electron chi connectivity index (χ0n) is 12.4. The summed E-state index contributed by atoms with van der Waals surface area (Å²) in [7, 11) is 0. The molecule has 1 N–H and O–H groups in total. The van der Waals surface area contributed by atoms with E-state index < -0.39 is 0 Å².